The molecule has 1 rings (SSSR count). The second kappa shape index (κ2) is 7.65. The van der Waals surface area contributed by atoms with Gasteiger partial charge in [0.2, 0.25) is 5.91 Å². The van der Waals surface area contributed by atoms with Crippen molar-refractivity contribution in [1.29, 1.82) is 0 Å². The molecule has 0 spiro atoms. The number of aryl methyl sites for hydroxylation is 2. The molecule has 4 heteroatoms. The van der Waals surface area contributed by atoms with Crippen LogP contribution in [0.15, 0.2) is 12.1 Å². The molecule has 1 aromatic rings. The van der Waals surface area contributed by atoms with Gasteiger partial charge in [-0.3, -0.25) is 4.79 Å². The van der Waals surface area contributed by atoms with Gasteiger partial charge in [0.15, 0.2) is 0 Å². The molecule has 1 aromatic heterocycles. The minimum absolute atomic E-state index is 0.0325. The maximum Gasteiger partial charge on any atom is 0.220 e. The molecular formula is C15H25NO2S. The van der Waals surface area contributed by atoms with Gasteiger partial charge in [-0.1, -0.05) is 13.8 Å². The third kappa shape index (κ3) is 6.73. The molecule has 1 amide bonds. The molecule has 0 atom stereocenters. The number of amides is 1. The van der Waals surface area contributed by atoms with E-state index in [-0.39, 0.29) is 17.9 Å². The maximum absolute atomic E-state index is 11.7. The SMILES string of the molecule is Cc1ccc(CCCC(=O)NCC(C)(C)CCO)s1. The van der Waals surface area contributed by atoms with Crippen LogP contribution in [0, 0.1) is 12.3 Å². The van der Waals surface area contributed by atoms with Crippen LogP contribution < -0.4 is 5.32 Å². The zero-order valence-corrected chi connectivity index (χ0v) is 13.0. The molecule has 2 N–H and O–H groups in total. The summed E-state index contributed by atoms with van der Waals surface area (Å²) < 4.78 is 0. The third-order valence-corrected chi connectivity index (χ3v) is 4.24. The first-order valence-corrected chi connectivity index (χ1v) is 7.67. The maximum atomic E-state index is 11.7. The van der Waals surface area contributed by atoms with Crippen LogP contribution in [0.5, 0.6) is 0 Å². The highest BCUT2D eigenvalue weighted by Crippen LogP contribution is 2.19. The number of thiophene rings is 1. The minimum atomic E-state index is -0.0325. The Labute approximate surface area is 120 Å². The Morgan fingerprint density at radius 1 is 1.42 bits per heavy atom. The number of hydrogen-bond acceptors (Lipinski definition) is 3. The van der Waals surface area contributed by atoms with Crippen LogP contribution in [0.4, 0.5) is 0 Å². The number of rotatable bonds is 8. The van der Waals surface area contributed by atoms with Gasteiger partial charge in [0.25, 0.3) is 0 Å². The van der Waals surface area contributed by atoms with E-state index in [0.717, 1.165) is 12.8 Å². The molecule has 108 valence electrons. The summed E-state index contributed by atoms with van der Waals surface area (Å²) in [6, 6.07) is 4.26. The minimum Gasteiger partial charge on any atom is -0.396 e. The van der Waals surface area contributed by atoms with Crippen molar-refractivity contribution in [2.24, 2.45) is 5.41 Å². The second-order valence-electron chi connectivity index (χ2n) is 5.78. The lowest BCUT2D eigenvalue weighted by atomic mass is 9.90. The second-order valence-corrected chi connectivity index (χ2v) is 7.15. The zero-order valence-electron chi connectivity index (χ0n) is 12.2. The lowest BCUT2D eigenvalue weighted by molar-refractivity contribution is -0.121. The van der Waals surface area contributed by atoms with Crippen molar-refractivity contribution in [1.82, 2.24) is 5.32 Å². The van der Waals surface area contributed by atoms with E-state index in [2.05, 4.69) is 38.2 Å². The highest BCUT2D eigenvalue weighted by molar-refractivity contribution is 7.11. The first-order valence-electron chi connectivity index (χ1n) is 6.86. The van der Waals surface area contributed by atoms with Gasteiger partial charge in [-0.15, -0.1) is 11.3 Å². The van der Waals surface area contributed by atoms with Crippen LogP contribution in [-0.4, -0.2) is 24.2 Å². The van der Waals surface area contributed by atoms with E-state index in [1.165, 1.54) is 9.75 Å². The predicted molar refractivity (Wildman–Crippen MR) is 80.5 cm³/mol. The average Bonchev–Trinajstić information content (AvgIpc) is 2.73. The fourth-order valence-corrected chi connectivity index (χ4v) is 2.79. The standard InChI is InChI=1S/C15H25NO2S/c1-12-7-8-13(19-12)5-4-6-14(18)16-11-15(2,3)9-10-17/h7-8,17H,4-6,9-11H2,1-3H3,(H,16,18). The Hall–Kier alpha value is -0.870. The van der Waals surface area contributed by atoms with Crippen LogP contribution in [0.2, 0.25) is 0 Å². The van der Waals surface area contributed by atoms with Crippen LogP contribution in [-0.2, 0) is 11.2 Å². The van der Waals surface area contributed by atoms with Crippen molar-refractivity contribution in [2.75, 3.05) is 13.2 Å². The van der Waals surface area contributed by atoms with Crippen molar-refractivity contribution in [3.63, 3.8) is 0 Å². The van der Waals surface area contributed by atoms with Crippen molar-refractivity contribution in [3.8, 4) is 0 Å². The molecule has 0 aliphatic heterocycles. The topological polar surface area (TPSA) is 49.3 Å². The van der Waals surface area contributed by atoms with Crippen LogP contribution in [0.1, 0.15) is 42.9 Å². The summed E-state index contributed by atoms with van der Waals surface area (Å²) in [5, 5.41) is 11.9. The summed E-state index contributed by atoms with van der Waals surface area (Å²) in [5.74, 6) is 0.110. The number of carbonyl (C=O) groups excluding carboxylic acids is 1. The molecule has 0 aromatic carbocycles. The summed E-state index contributed by atoms with van der Waals surface area (Å²) in [7, 11) is 0. The van der Waals surface area contributed by atoms with Crippen LogP contribution in [0.3, 0.4) is 0 Å². The first-order chi connectivity index (χ1) is 8.93. The lowest BCUT2D eigenvalue weighted by Crippen LogP contribution is -2.34. The van der Waals surface area contributed by atoms with Gasteiger partial charge >= 0.3 is 0 Å². The summed E-state index contributed by atoms with van der Waals surface area (Å²) in [4.78, 5) is 14.4. The van der Waals surface area contributed by atoms with Gasteiger partial charge in [0.05, 0.1) is 0 Å². The van der Waals surface area contributed by atoms with Gasteiger partial charge in [-0.05, 0) is 43.7 Å². The van der Waals surface area contributed by atoms with E-state index < -0.39 is 0 Å². The quantitative estimate of drug-likeness (QED) is 0.770. The first kappa shape index (κ1) is 16.2. The van der Waals surface area contributed by atoms with E-state index in [1.54, 1.807) is 11.3 Å². The number of aliphatic hydroxyl groups is 1. The van der Waals surface area contributed by atoms with Gasteiger partial charge < -0.3 is 10.4 Å². The largest absolute Gasteiger partial charge is 0.396 e. The lowest BCUT2D eigenvalue weighted by Gasteiger charge is -2.23. The number of nitrogens with one attached hydrogen (secondary N) is 1. The highest BCUT2D eigenvalue weighted by Gasteiger charge is 2.17. The Morgan fingerprint density at radius 3 is 2.74 bits per heavy atom. The van der Waals surface area contributed by atoms with Crippen molar-refractivity contribution in [2.45, 2.75) is 46.5 Å². The number of hydrogen-bond donors (Lipinski definition) is 2. The molecule has 0 fully saturated rings. The third-order valence-electron chi connectivity index (χ3n) is 3.18. The van der Waals surface area contributed by atoms with Crippen molar-refractivity contribution in [3.05, 3.63) is 21.9 Å². The fraction of sp³-hybridized carbons (Fsp3) is 0.667. The molecule has 3 nitrogen and oxygen atoms in total. The Balaban J connectivity index is 2.18. The van der Waals surface area contributed by atoms with Crippen molar-refractivity contribution >= 4 is 17.2 Å². The predicted octanol–water partition coefficient (Wildman–Crippen LogP) is 2.90. The molecular weight excluding hydrogens is 258 g/mol. The molecule has 0 unspecified atom stereocenters. The molecule has 19 heavy (non-hydrogen) atoms. The molecule has 0 radical (unpaired) electrons. The fourth-order valence-electron chi connectivity index (χ4n) is 1.86. The van der Waals surface area contributed by atoms with E-state index in [9.17, 15) is 4.79 Å². The van der Waals surface area contributed by atoms with E-state index in [4.69, 9.17) is 5.11 Å². The summed E-state index contributed by atoms with van der Waals surface area (Å²) in [6.45, 7) is 7.01. The van der Waals surface area contributed by atoms with Gasteiger partial charge in [0, 0.05) is 29.3 Å². The summed E-state index contributed by atoms with van der Waals surface area (Å²) in [5.41, 5.74) is -0.0325. The summed E-state index contributed by atoms with van der Waals surface area (Å²) in [6.07, 6.45) is 3.16. The Kier molecular flexibility index (Phi) is 6.52. The van der Waals surface area contributed by atoms with Crippen LogP contribution in [0.25, 0.3) is 0 Å². The molecule has 0 aliphatic carbocycles. The Bertz CT molecular complexity index is 399. The normalized spacial score (nSPS) is 11.6. The molecule has 0 aliphatic rings. The Morgan fingerprint density at radius 2 is 2.16 bits per heavy atom. The van der Waals surface area contributed by atoms with Gasteiger partial charge in [-0.25, -0.2) is 0 Å². The number of carbonyl (C=O) groups is 1. The van der Waals surface area contributed by atoms with Crippen molar-refractivity contribution < 1.29 is 9.90 Å². The highest BCUT2D eigenvalue weighted by atomic mass is 32.1. The average molecular weight is 283 g/mol. The molecule has 0 bridgehead atoms. The van der Waals surface area contributed by atoms with Crippen LogP contribution >= 0.6 is 11.3 Å². The van der Waals surface area contributed by atoms with E-state index in [1.807, 2.05) is 0 Å². The molecule has 0 saturated heterocycles. The smallest absolute Gasteiger partial charge is 0.220 e. The number of aliphatic hydroxyl groups excluding tert-OH is 1. The van der Waals surface area contributed by atoms with Gasteiger partial charge in [-0.2, -0.15) is 0 Å². The molecule has 0 saturated carbocycles. The molecule has 1 heterocycles. The summed E-state index contributed by atoms with van der Waals surface area (Å²) >= 11 is 1.80. The van der Waals surface area contributed by atoms with E-state index in [0.29, 0.717) is 19.4 Å². The zero-order chi connectivity index (χ0) is 14.3. The monoisotopic (exact) mass is 283 g/mol. The van der Waals surface area contributed by atoms with Gasteiger partial charge in [0.1, 0.15) is 0 Å². The van der Waals surface area contributed by atoms with E-state index >= 15 is 0 Å².